The van der Waals surface area contributed by atoms with Crippen molar-refractivity contribution in [2.45, 2.75) is 51.8 Å². The largest absolute Gasteiger partial charge is 0.444 e. The average Bonchev–Trinajstić information content (AvgIpc) is 2.84. The molecule has 6 nitrogen and oxygen atoms in total. The van der Waals surface area contributed by atoms with E-state index in [-0.39, 0.29) is 17.4 Å². The van der Waals surface area contributed by atoms with Crippen LogP contribution in [0.1, 0.15) is 39.3 Å². The molecule has 1 aromatic rings. The number of ether oxygens (including phenoxy) is 1. The molecular weight excluding hydrogens is 316 g/mol. The van der Waals surface area contributed by atoms with Gasteiger partial charge in [-0.15, -0.1) is 0 Å². The van der Waals surface area contributed by atoms with E-state index in [0.29, 0.717) is 6.54 Å². The van der Waals surface area contributed by atoms with E-state index in [1.54, 1.807) is 6.20 Å². The predicted octanol–water partition coefficient (Wildman–Crippen LogP) is 2.96. The summed E-state index contributed by atoms with van der Waals surface area (Å²) in [6, 6.07) is 2.02. The molecule has 0 aliphatic carbocycles. The van der Waals surface area contributed by atoms with Crippen LogP contribution in [0.5, 0.6) is 0 Å². The number of rotatable bonds is 4. The highest BCUT2D eigenvalue weighted by atomic mass is 35.5. The second kappa shape index (κ2) is 7.45. The first-order valence-corrected chi connectivity index (χ1v) is 8.28. The van der Waals surface area contributed by atoms with Gasteiger partial charge in [0.25, 0.3) is 0 Å². The van der Waals surface area contributed by atoms with Crippen molar-refractivity contribution in [1.82, 2.24) is 19.8 Å². The monoisotopic (exact) mass is 340 g/mol. The fourth-order valence-corrected chi connectivity index (χ4v) is 2.91. The van der Waals surface area contributed by atoms with Gasteiger partial charge in [-0.25, -0.2) is 14.8 Å². The molecule has 1 saturated heterocycles. The van der Waals surface area contributed by atoms with Crippen LogP contribution in [0, 0.1) is 0 Å². The molecule has 0 radical (unpaired) electrons. The van der Waals surface area contributed by atoms with Crippen molar-refractivity contribution in [1.29, 1.82) is 0 Å². The zero-order valence-corrected chi connectivity index (χ0v) is 15.0. The van der Waals surface area contributed by atoms with E-state index in [4.69, 9.17) is 16.3 Å². The lowest BCUT2D eigenvalue weighted by Gasteiger charge is -2.30. The summed E-state index contributed by atoms with van der Waals surface area (Å²) in [6.45, 7) is 7.87. The summed E-state index contributed by atoms with van der Waals surface area (Å²) in [5.74, 6) is 0. The average molecular weight is 341 g/mol. The van der Waals surface area contributed by atoms with Gasteiger partial charge in [0.2, 0.25) is 5.28 Å². The summed E-state index contributed by atoms with van der Waals surface area (Å²) in [4.78, 5) is 24.4. The highest BCUT2D eigenvalue weighted by molar-refractivity contribution is 6.28. The summed E-state index contributed by atoms with van der Waals surface area (Å²) in [5, 5.41) is 0.257. The van der Waals surface area contributed by atoms with Crippen LogP contribution >= 0.6 is 11.6 Å². The summed E-state index contributed by atoms with van der Waals surface area (Å²) in [6.07, 6.45) is 3.44. The van der Waals surface area contributed by atoms with Crippen molar-refractivity contribution in [3.63, 3.8) is 0 Å². The molecule has 1 aliphatic heterocycles. The number of carbonyl (C=O) groups is 1. The summed E-state index contributed by atoms with van der Waals surface area (Å²) >= 11 is 5.81. The Bertz CT molecular complexity index is 547. The molecule has 0 saturated carbocycles. The first kappa shape index (κ1) is 17.9. The van der Waals surface area contributed by atoms with E-state index in [0.717, 1.165) is 31.6 Å². The normalized spacial score (nSPS) is 18.5. The fraction of sp³-hybridized carbons (Fsp3) is 0.688. The molecule has 0 unspecified atom stereocenters. The second-order valence-electron chi connectivity index (χ2n) is 6.98. The highest BCUT2D eigenvalue weighted by Gasteiger charge is 2.32. The van der Waals surface area contributed by atoms with Crippen LogP contribution < -0.4 is 0 Å². The lowest BCUT2D eigenvalue weighted by atomic mass is 10.2. The Morgan fingerprint density at radius 3 is 2.91 bits per heavy atom. The molecule has 1 aliphatic rings. The number of hydrogen-bond acceptors (Lipinski definition) is 5. The molecule has 1 aromatic heterocycles. The number of aromatic nitrogens is 2. The smallest absolute Gasteiger partial charge is 0.410 e. The van der Waals surface area contributed by atoms with Gasteiger partial charge >= 0.3 is 6.09 Å². The molecule has 23 heavy (non-hydrogen) atoms. The van der Waals surface area contributed by atoms with Crippen molar-refractivity contribution in [2.24, 2.45) is 0 Å². The fourth-order valence-electron chi connectivity index (χ4n) is 2.74. The molecule has 1 atom stereocenters. The van der Waals surface area contributed by atoms with Gasteiger partial charge < -0.3 is 9.64 Å². The maximum absolute atomic E-state index is 12.3. The number of likely N-dealkylation sites (N-methyl/N-ethyl adjacent to an activating group) is 1. The van der Waals surface area contributed by atoms with Crippen molar-refractivity contribution in [2.75, 3.05) is 20.1 Å². The van der Waals surface area contributed by atoms with Crippen molar-refractivity contribution >= 4 is 17.7 Å². The third-order valence-electron chi connectivity index (χ3n) is 3.64. The number of amides is 1. The Morgan fingerprint density at radius 1 is 1.52 bits per heavy atom. The number of halogens is 1. The Hall–Kier alpha value is -1.40. The topological polar surface area (TPSA) is 58.6 Å². The van der Waals surface area contributed by atoms with Crippen molar-refractivity contribution in [3.05, 3.63) is 23.2 Å². The minimum atomic E-state index is -0.464. The zero-order chi connectivity index (χ0) is 17.0. The lowest BCUT2D eigenvalue weighted by molar-refractivity contribution is 0.0201. The third kappa shape index (κ3) is 5.62. The molecule has 128 valence electrons. The SMILES string of the molecule is CN(Cc1ccnc(Cl)n1)C[C@H]1CCCN1C(=O)OC(C)(C)C. The number of carbonyl (C=O) groups excluding carboxylic acids is 1. The van der Waals surface area contributed by atoms with Crippen LogP contribution in [0.4, 0.5) is 4.79 Å². The van der Waals surface area contributed by atoms with Gasteiger partial charge in [0.15, 0.2) is 0 Å². The number of likely N-dealkylation sites (tertiary alicyclic amines) is 1. The lowest BCUT2D eigenvalue weighted by Crippen LogP contribution is -2.44. The van der Waals surface area contributed by atoms with Crippen molar-refractivity contribution in [3.8, 4) is 0 Å². The van der Waals surface area contributed by atoms with E-state index >= 15 is 0 Å². The van der Waals surface area contributed by atoms with Gasteiger partial charge in [-0.2, -0.15) is 0 Å². The van der Waals surface area contributed by atoms with Crippen LogP contribution in [-0.4, -0.2) is 57.6 Å². The minimum Gasteiger partial charge on any atom is -0.444 e. The Morgan fingerprint density at radius 2 is 2.26 bits per heavy atom. The second-order valence-corrected chi connectivity index (χ2v) is 7.32. The standard InChI is InChI=1S/C16H25ClN4O2/c1-16(2,3)23-15(22)21-9-5-6-13(21)11-20(4)10-12-7-8-18-14(17)19-12/h7-8,13H,5-6,9-11H2,1-4H3/t13-/m1/s1. The van der Waals surface area contributed by atoms with Gasteiger partial charge in [0.1, 0.15) is 5.60 Å². The van der Waals surface area contributed by atoms with Gasteiger partial charge in [-0.05, 0) is 58.3 Å². The van der Waals surface area contributed by atoms with E-state index in [2.05, 4.69) is 14.9 Å². The van der Waals surface area contributed by atoms with Crippen LogP contribution in [0.3, 0.4) is 0 Å². The molecule has 1 amide bonds. The molecule has 1 fully saturated rings. The predicted molar refractivity (Wildman–Crippen MR) is 89.3 cm³/mol. The van der Waals surface area contributed by atoms with Crippen molar-refractivity contribution < 1.29 is 9.53 Å². The molecule has 0 bridgehead atoms. The molecule has 0 aromatic carbocycles. The van der Waals surface area contributed by atoms with E-state index in [1.165, 1.54) is 0 Å². The van der Waals surface area contributed by atoms with Crippen LogP contribution in [0.15, 0.2) is 12.3 Å². The molecule has 2 heterocycles. The summed E-state index contributed by atoms with van der Waals surface area (Å²) in [7, 11) is 2.02. The van der Waals surface area contributed by atoms with Gasteiger partial charge in [0.05, 0.1) is 5.69 Å². The Kier molecular flexibility index (Phi) is 5.81. The molecule has 0 N–H and O–H groups in total. The van der Waals surface area contributed by atoms with E-state index in [9.17, 15) is 4.79 Å². The molecule has 2 rings (SSSR count). The Balaban J connectivity index is 1.91. The number of hydrogen-bond donors (Lipinski definition) is 0. The number of nitrogens with zero attached hydrogens (tertiary/aromatic N) is 4. The first-order chi connectivity index (χ1) is 10.7. The van der Waals surface area contributed by atoms with Crippen LogP contribution in [-0.2, 0) is 11.3 Å². The summed E-state index contributed by atoms with van der Waals surface area (Å²) < 4.78 is 5.50. The maximum atomic E-state index is 12.3. The van der Waals surface area contributed by atoms with E-state index < -0.39 is 5.60 Å². The van der Waals surface area contributed by atoms with Crippen LogP contribution in [0.2, 0.25) is 5.28 Å². The molecule has 7 heteroatoms. The molecular formula is C16H25ClN4O2. The highest BCUT2D eigenvalue weighted by Crippen LogP contribution is 2.21. The first-order valence-electron chi connectivity index (χ1n) is 7.90. The summed E-state index contributed by atoms with van der Waals surface area (Å²) in [5.41, 5.74) is 0.405. The van der Waals surface area contributed by atoms with E-state index in [1.807, 2.05) is 38.8 Å². The van der Waals surface area contributed by atoms with Crippen LogP contribution in [0.25, 0.3) is 0 Å². The quantitative estimate of drug-likeness (QED) is 0.789. The maximum Gasteiger partial charge on any atom is 0.410 e. The molecule has 0 spiro atoms. The van der Waals surface area contributed by atoms with Gasteiger partial charge in [-0.3, -0.25) is 4.90 Å². The van der Waals surface area contributed by atoms with Gasteiger partial charge in [0, 0.05) is 31.9 Å². The third-order valence-corrected chi connectivity index (χ3v) is 3.83. The Labute approximate surface area is 142 Å². The van der Waals surface area contributed by atoms with Gasteiger partial charge in [-0.1, -0.05) is 0 Å². The minimum absolute atomic E-state index is 0.173. The zero-order valence-electron chi connectivity index (χ0n) is 14.3.